The van der Waals surface area contributed by atoms with E-state index in [4.69, 9.17) is 16.3 Å². The molecule has 0 atom stereocenters. The molecule has 2 N–H and O–H groups in total. The fraction of sp³-hybridized carbons (Fsp3) is 0.345. The summed E-state index contributed by atoms with van der Waals surface area (Å²) in [6.45, 7) is 6.13. The van der Waals surface area contributed by atoms with E-state index in [1.165, 1.54) is 6.07 Å². The Morgan fingerprint density at radius 1 is 1.07 bits per heavy atom. The molecule has 8 nitrogen and oxygen atoms in total. The third-order valence-electron chi connectivity index (χ3n) is 7.24. The predicted octanol–water partition coefficient (Wildman–Crippen LogP) is 7.24. The minimum atomic E-state index is -4.48. The molecule has 0 saturated carbocycles. The topological polar surface area (TPSA) is 84.3 Å². The van der Waals surface area contributed by atoms with Crippen molar-refractivity contribution in [3.05, 3.63) is 65.3 Å². The Morgan fingerprint density at radius 2 is 1.80 bits per heavy atom. The standard InChI is InChI=1S/C29H30ClF3N6O2/c1-17(2)39-12-9-18(10-13-39)27(40)37-26-16-21(8-11-34-26)41-20-5-7-25-24(15-20)36-28(38(25)3)35-23-6-4-19(14-22(23)30)29(31,32)33/h4-8,11,14-18H,9-10,12-13H2,1-3H3,(H,35,36)(H,34,37,40). The van der Waals surface area contributed by atoms with E-state index in [9.17, 15) is 18.0 Å². The Kier molecular flexibility index (Phi) is 8.10. The number of aromatic nitrogens is 3. The molecule has 1 saturated heterocycles. The van der Waals surface area contributed by atoms with E-state index in [1.807, 2.05) is 6.07 Å². The van der Waals surface area contributed by atoms with Gasteiger partial charge in [-0.1, -0.05) is 11.6 Å². The van der Waals surface area contributed by atoms with E-state index in [0.717, 1.165) is 43.6 Å². The Bertz CT molecular complexity index is 1560. The molecule has 0 spiro atoms. The lowest BCUT2D eigenvalue weighted by Gasteiger charge is -2.33. The molecule has 216 valence electrons. The number of alkyl halides is 3. The number of rotatable bonds is 7. The van der Waals surface area contributed by atoms with E-state index in [-0.39, 0.29) is 16.8 Å². The first-order valence-electron chi connectivity index (χ1n) is 13.3. The molecule has 41 heavy (non-hydrogen) atoms. The third-order valence-corrected chi connectivity index (χ3v) is 7.56. The number of aryl methyl sites for hydroxylation is 1. The molecule has 1 fully saturated rings. The lowest BCUT2D eigenvalue weighted by atomic mass is 9.95. The van der Waals surface area contributed by atoms with Crippen LogP contribution in [0, 0.1) is 5.92 Å². The molecule has 1 aliphatic heterocycles. The van der Waals surface area contributed by atoms with Gasteiger partial charge in [0.05, 0.1) is 27.3 Å². The monoisotopic (exact) mass is 586 g/mol. The number of amides is 1. The quantitative estimate of drug-likeness (QED) is 0.238. The lowest BCUT2D eigenvalue weighted by Crippen LogP contribution is -2.41. The van der Waals surface area contributed by atoms with E-state index < -0.39 is 11.7 Å². The van der Waals surface area contributed by atoms with Gasteiger partial charge in [0.2, 0.25) is 11.9 Å². The number of nitrogens with one attached hydrogen (secondary N) is 2. The van der Waals surface area contributed by atoms with Crippen molar-refractivity contribution in [3.8, 4) is 11.5 Å². The fourth-order valence-electron chi connectivity index (χ4n) is 4.85. The highest BCUT2D eigenvalue weighted by molar-refractivity contribution is 6.33. The summed E-state index contributed by atoms with van der Waals surface area (Å²) in [6.07, 6.45) is -1.29. The summed E-state index contributed by atoms with van der Waals surface area (Å²) < 4.78 is 46.7. The molecule has 0 aliphatic carbocycles. The number of benzene rings is 2. The zero-order chi connectivity index (χ0) is 29.3. The SMILES string of the molecule is CC(C)N1CCC(C(=O)Nc2cc(Oc3ccc4c(c3)nc(Nc3ccc(C(F)(F)F)cc3Cl)n4C)ccn2)CC1. The van der Waals surface area contributed by atoms with Crippen LogP contribution in [-0.2, 0) is 18.0 Å². The van der Waals surface area contributed by atoms with Crippen LogP contribution < -0.4 is 15.4 Å². The van der Waals surface area contributed by atoms with Crippen LogP contribution >= 0.6 is 11.6 Å². The van der Waals surface area contributed by atoms with Crippen LogP contribution in [0.5, 0.6) is 11.5 Å². The normalized spacial score (nSPS) is 14.9. The van der Waals surface area contributed by atoms with Gasteiger partial charge in [-0.05, 0) is 76.2 Å². The van der Waals surface area contributed by atoms with Crippen molar-refractivity contribution >= 4 is 46.0 Å². The molecule has 2 aromatic heterocycles. The second kappa shape index (κ2) is 11.6. The first-order chi connectivity index (χ1) is 19.5. The Labute approximate surface area is 240 Å². The first kappa shape index (κ1) is 28.7. The summed E-state index contributed by atoms with van der Waals surface area (Å²) >= 11 is 6.10. The van der Waals surface area contributed by atoms with Crippen molar-refractivity contribution in [2.75, 3.05) is 23.7 Å². The molecule has 3 heterocycles. The van der Waals surface area contributed by atoms with E-state index in [0.29, 0.717) is 40.5 Å². The average Bonchev–Trinajstić information content (AvgIpc) is 3.23. The van der Waals surface area contributed by atoms with Gasteiger partial charge in [-0.25, -0.2) is 9.97 Å². The van der Waals surface area contributed by atoms with Crippen LogP contribution in [0.15, 0.2) is 54.7 Å². The minimum absolute atomic E-state index is 0.0406. The second-order valence-corrected chi connectivity index (χ2v) is 10.7. The number of piperidine rings is 1. The Balaban J connectivity index is 1.26. The number of ether oxygens (including phenoxy) is 1. The molecule has 1 amide bonds. The highest BCUT2D eigenvalue weighted by atomic mass is 35.5. The van der Waals surface area contributed by atoms with Crippen molar-refractivity contribution in [3.63, 3.8) is 0 Å². The molecule has 2 aromatic carbocycles. The summed E-state index contributed by atoms with van der Waals surface area (Å²) in [5, 5.41) is 5.84. The maximum Gasteiger partial charge on any atom is 0.416 e. The van der Waals surface area contributed by atoms with Crippen molar-refractivity contribution in [1.82, 2.24) is 19.4 Å². The van der Waals surface area contributed by atoms with Gasteiger partial charge < -0.3 is 24.8 Å². The van der Waals surface area contributed by atoms with Gasteiger partial charge in [-0.15, -0.1) is 0 Å². The largest absolute Gasteiger partial charge is 0.457 e. The maximum absolute atomic E-state index is 13.0. The molecule has 1 aliphatic rings. The van der Waals surface area contributed by atoms with Crippen molar-refractivity contribution in [2.24, 2.45) is 13.0 Å². The summed E-state index contributed by atoms with van der Waals surface area (Å²) in [5.74, 6) is 1.73. The van der Waals surface area contributed by atoms with E-state index >= 15 is 0 Å². The van der Waals surface area contributed by atoms with E-state index in [2.05, 4.69) is 39.3 Å². The summed E-state index contributed by atoms with van der Waals surface area (Å²) in [7, 11) is 1.78. The maximum atomic E-state index is 13.0. The van der Waals surface area contributed by atoms with Crippen LogP contribution in [0.1, 0.15) is 32.3 Å². The fourth-order valence-corrected chi connectivity index (χ4v) is 5.08. The average molecular weight is 587 g/mol. The van der Waals surface area contributed by atoms with Crippen molar-refractivity contribution < 1.29 is 22.7 Å². The Morgan fingerprint density at radius 3 is 2.49 bits per heavy atom. The number of anilines is 3. The minimum Gasteiger partial charge on any atom is -0.457 e. The summed E-state index contributed by atoms with van der Waals surface area (Å²) in [6, 6.07) is 12.3. The van der Waals surface area contributed by atoms with Crippen LogP contribution in [0.2, 0.25) is 5.02 Å². The molecule has 4 aromatic rings. The van der Waals surface area contributed by atoms with Gasteiger partial charge in [0.15, 0.2) is 0 Å². The molecule has 0 radical (unpaired) electrons. The summed E-state index contributed by atoms with van der Waals surface area (Å²) in [5.41, 5.74) is 0.844. The van der Waals surface area contributed by atoms with Crippen molar-refractivity contribution in [1.29, 1.82) is 0 Å². The number of hydrogen-bond donors (Lipinski definition) is 2. The number of fused-ring (bicyclic) bond motifs is 1. The van der Waals surface area contributed by atoms with Gasteiger partial charge >= 0.3 is 6.18 Å². The molecular weight excluding hydrogens is 557 g/mol. The number of carbonyl (C=O) groups is 1. The van der Waals surface area contributed by atoms with E-state index in [1.54, 1.807) is 42.1 Å². The highest BCUT2D eigenvalue weighted by Gasteiger charge is 2.31. The molecule has 5 rings (SSSR count). The zero-order valence-corrected chi connectivity index (χ0v) is 23.6. The smallest absolute Gasteiger partial charge is 0.416 e. The number of imidazole rings is 1. The van der Waals surface area contributed by atoms with Crippen LogP contribution in [-0.4, -0.2) is 44.5 Å². The number of nitrogens with zero attached hydrogens (tertiary/aromatic N) is 4. The van der Waals surface area contributed by atoms with Crippen LogP contribution in [0.25, 0.3) is 11.0 Å². The molecule has 0 unspecified atom stereocenters. The van der Waals surface area contributed by atoms with Crippen molar-refractivity contribution in [2.45, 2.75) is 38.9 Å². The first-order valence-corrected chi connectivity index (χ1v) is 13.6. The Hall–Kier alpha value is -3.83. The van der Waals surface area contributed by atoms with Gasteiger partial charge in [-0.2, -0.15) is 13.2 Å². The molecule has 0 bridgehead atoms. The summed E-state index contributed by atoms with van der Waals surface area (Å²) in [4.78, 5) is 24.0. The number of pyridine rings is 1. The third kappa shape index (κ3) is 6.57. The van der Waals surface area contributed by atoms with Gasteiger partial charge in [0.1, 0.15) is 17.3 Å². The van der Waals surface area contributed by atoms with Gasteiger partial charge in [-0.3, -0.25) is 4.79 Å². The van der Waals surface area contributed by atoms with Crippen LogP contribution in [0.3, 0.4) is 0 Å². The number of halogens is 4. The molecule has 12 heteroatoms. The number of hydrogen-bond acceptors (Lipinski definition) is 6. The zero-order valence-electron chi connectivity index (χ0n) is 22.8. The lowest BCUT2D eigenvalue weighted by molar-refractivity contribution is -0.137. The highest BCUT2D eigenvalue weighted by Crippen LogP contribution is 2.35. The second-order valence-electron chi connectivity index (χ2n) is 10.3. The van der Waals surface area contributed by atoms with Gasteiger partial charge in [0, 0.05) is 37.3 Å². The number of likely N-dealkylation sites (tertiary alicyclic amines) is 1. The van der Waals surface area contributed by atoms with Crippen LogP contribution in [0.4, 0.5) is 30.6 Å². The number of carbonyl (C=O) groups excluding carboxylic acids is 1. The molecular formula is C29H30ClF3N6O2. The van der Waals surface area contributed by atoms with Gasteiger partial charge in [0.25, 0.3) is 0 Å². The predicted molar refractivity (Wildman–Crippen MR) is 153 cm³/mol.